The number of hydrogen-bond donors (Lipinski definition) is 0. The molecule has 12 heteroatoms. The van der Waals surface area contributed by atoms with E-state index in [-0.39, 0.29) is 48.2 Å². The van der Waals surface area contributed by atoms with E-state index in [9.17, 15) is 31.1 Å². The molecule has 1 saturated carbocycles. The Balaban J connectivity index is 1.53. The van der Waals surface area contributed by atoms with Gasteiger partial charge in [-0.05, 0) is 89.7 Å². The van der Waals surface area contributed by atoms with Crippen molar-refractivity contribution in [1.82, 2.24) is 14.9 Å². The van der Waals surface area contributed by atoms with Gasteiger partial charge in [0.1, 0.15) is 0 Å². The molecule has 1 aliphatic carbocycles. The van der Waals surface area contributed by atoms with E-state index < -0.39 is 23.5 Å². The Kier molecular flexibility index (Phi) is 10.6. The van der Waals surface area contributed by atoms with Crippen LogP contribution in [0.2, 0.25) is 0 Å². The monoisotopic (exact) mass is 710 g/mol. The number of carbonyl (C=O) groups is 1. The number of anilines is 1. The molecule has 0 unspecified atom stereocenters. The minimum atomic E-state index is -4.96. The predicted octanol–water partition coefficient (Wildman–Crippen LogP) is 9.24. The van der Waals surface area contributed by atoms with Gasteiger partial charge in [0, 0.05) is 43.5 Å². The summed E-state index contributed by atoms with van der Waals surface area (Å²) in [5, 5.41) is 0. The number of nitrogens with zero attached hydrogens (tertiary/aromatic N) is 4. The summed E-state index contributed by atoms with van der Waals surface area (Å²) in [6, 6.07) is 10.7. The van der Waals surface area contributed by atoms with Crippen LogP contribution in [-0.4, -0.2) is 38.9 Å². The van der Waals surface area contributed by atoms with E-state index in [2.05, 4.69) is 25.9 Å². The summed E-state index contributed by atoms with van der Waals surface area (Å²) < 4.78 is 83.2. The first-order valence-corrected chi connectivity index (χ1v) is 16.5. The second-order valence-corrected chi connectivity index (χ2v) is 13.3. The zero-order valence-corrected chi connectivity index (χ0v) is 27.1. The molecule has 0 N–H and O–H groups in total. The molecule has 0 radical (unpaired) electrons. The number of halogens is 7. The number of hydrogen-bond acceptors (Lipinski definition) is 4. The molecule has 2 heterocycles. The molecule has 2 aromatic carbocycles. The van der Waals surface area contributed by atoms with Gasteiger partial charge in [-0.15, -0.1) is 0 Å². The van der Waals surface area contributed by atoms with Gasteiger partial charge in [-0.2, -0.15) is 26.3 Å². The van der Waals surface area contributed by atoms with Gasteiger partial charge in [0.2, 0.25) is 11.9 Å². The molecule has 1 aliphatic heterocycles. The van der Waals surface area contributed by atoms with Gasteiger partial charge in [0.05, 0.1) is 15.6 Å². The average molecular weight is 712 g/mol. The number of benzene rings is 2. The SMILES string of the molecule is CC[C@@H]1C[C@H](N(Cc2cc(C(F)(F)F)cc(C(F)(F)F)c2)c2ncc(Br)cn2)C[C@H](Cc2ccccc2)N1C(=O)CC1CCCC1. The van der Waals surface area contributed by atoms with Crippen molar-refractivity contribution in [3.8, 4) is 0 Å². The Hall–Kier alpha value is -3.15. The predicted molar refractivity (Wildman–Crippen MR) is 167 cm³/mol. The summed E-state index contributed by atoms with van der Waals surface area (Å²) in [5.41, 5.74) is -1.84. The molecule has 1 amide bonds. The fourth-order valence-electron chi connectivity index (χ4n) is 7.03. The number of likely N-dealkylation sites (tertiary alicyclic amines) is 1. The molecule has 3 atom stereocenters. The highest BCUT2D eigenvalue weighted by molar-refractivity contribution is 9.10. The Morgan fingerprint density at radius 2 is 1.48 bits per heavy atom. The fourth-order valence-corrected chi connectivity index (χ4v) is 7.24. The van der Waals surface area contributed by atoms with Crippen molar-refractivity contribution < 1.29 is 31.1 Å². The largest absolute Gasteiger partial charge is 0.416 e. The molecule has 0 spiro atoms. The maximum Gasteiger partial charge on any atom is 0.416 e. The van der Waals surface area contributed by atoms with E-state index in [0.717, 1.165) is 43.4 Å². The lowest BCUT2D eigenvalue weighted by Gasteiger charge is -2.48. The summed E-state index contributed by atoms with van der Waals surface area (Å²) in [4.78, 5) is 26.5. The van der Waals surface area contributed by atoms with Crippen LogP contribution in [0.15, 0.2) is 65.4 Å². The third kappa shape index (κ3) is 8.41. The first-order chi connectivity index (χ1) is 21.8. The molecule has 1 aromatic heterocycles. The van der Waals surface area contributed by atoms with Crippen LogP contribution in [0.1, 0.15) is 80.5 Å². The third-order valence-corrected chi connectivity index (χ3v) is 9.60. The van der Waals surface area contributed by atoms with Crippen molar-refractivity contribution in [1.29, 1.82) is 0 Å². The Labute approximate surface area is 273 Å². The molecule has 3 aromatic rings. The van der Waals surface area contributed by atoms with Crippen LogP contribution in [0.25, 0.3) is 0 Å². The van der Waals surface area contributed by atoms with E-state index in [4.69, 9.17) is 0 Å². The number of amides is 1. The Bertz CT molecular complexity index is 1430. The molecular weight excluding hydrogens is 674 g/mol. The maximum atomic E-state index is 13.9. The molecule has 2 fully saturated rings. The molecular formula is C34H37BrF6N4O. The highest BCUT2D eigenvalue weighted by atomic mass is 79.9. The minimum absolute atomic E-state index is 0.109. The van der Waals surface area contributed by atoms with Crippen LogP contribution >= 0.6 is 15.9 Å². The van der Waals surface area contributed by atoms with E-state index in [0.29, 0.717) is 42.5 Å². The zero-order valence-electron chi connectivity index (χ0n) is 25.5. The van der Waals surface area contributed by atoms with Crippen LogP contribution < -0.4 is 4.90 Å². The van der Waals surface area contributed by atoms with Crippen LogP contribution in [0.4, 0.5) is 32.3 Å². The van der Waals surface area contributed by atoms with E-state index in [1.54, 1.807) is 4.90 Å². The summed E-state index contributed by atoms with van der Waals surface area (Å²) >= 11 is 3.31. The smallest absolute Gasteiger partial charge is 0.336 e. The standard InChI is InChI=1S/C34H37BrF6N4O/c1-2-28-17-29(18-30(14-22-8-4-3-5-9-22)45(28)31(46)15-23-10-6-7-11-23)44(32-42-19-27(35)20-43-32)21-24-12-25(33(36,37)38)16-26(13-24)34(39,40)41/h3-5,8-9,12-13,16,19-20,23,28-30H,2,6-7,10-11,14-15,17-18,21H2,1H3/t28-,29+,30+/m1/s1. The minimum Gasteiger partial charge on any atom is -0.336 e. The lowest BCUT2D eigenvalue weighted by atomic mass is 9.85. The van der Waals surface area contributed by atoms with E-state index >= 15 is 0 Å². The topological polar surface area (TPSA) is 49.3 Å². The molecule has 5 nitrogen and oxygen atoms in total. The van der Waals surface area contributed by atoms with Crippen molar-refractivity contribution in [3.05, 3.63) is 87.7 Å². The van der Waals surface area contributed by atoms with E-state index in [1.807, 2.05) is 42.2 Å². The average Bonchev–Trinajstić information content (AvgIpc) is 3.52. The molecule has 1 saturated heterocycles. The quantitative estimate of drug-likeness (QED) is 0.208. The number of piperidine rings is 1. The van der Waals surface area contributed by atoms with Gasteiger partial charge in [-0.1, -0.05) is 50.1 Å². The number of carbonyl (C=O) groups excluding carboxylic acids is 1. The number of alkyl halides is 6. The van der Waals surface area contributed by atoms with Crippen molar-refractivity contribution in [3.63, 3.8) is 0 Å². The third-order valence-electron chi connectivity index (χ3n) is 9.19. The maximum absolute atomic E-state index is 13.9. The highest BCUT2D eigenvalue weighted by Crippen LogP contribution is 2.39. The van der Waals surface area contributed by atoms with Crippen LogP contribution in [0.5, 0.6) is 0 Å². The number of aromatic nitrogens is 2. The first kappa shape index (κ1) is 34.2. The Morgan fingerprint density at radius 1 is 0.891 bits per heavy atom. The van der Waals surface area contributed by atoms with Crippen LogP contribution in [0, 0.1) is 5.92 Å². The van der Waals surface area contributed by atoms with Gasteiger partial charge in [-0.25, -0.2) is 9.97 Å². The summed E-state index contributed by atoms with van der Waals surface area (Å²) in [7, 11) is 0. The lowest BCUT2D eigenvalue weighted by Crippen LogP contribution is -2.57. The van der Waals surface area contributed by atoms with Gasteiger partial charge in [-0.3, -0.25) is 4.79 Å². The van der Waals surface area contributed by atoms with Crippen LogP contribution in [0.3, 0.4) is 0 Å². The Morgan fingerprint density at radius 3 is 2.04 bits per heavy atom. The van der Waals surface area contributed by atoms with Crippen molar-refractivity contribution in [2.75, 3.05) is 4.90 Å². The molecule has 46 heavy (non-hydrogen) atoms. The van der Waals surface area contributed by atoms with Gasteiger partial charge < -0.3 is 9.80 Å². The molecule has 0 bridgehead atoms. The highest BCUT2D eigenvalue weighted by Gasteiger charge is 2.42. The van der Waals surface area contributed by atoms with Gasteiger partial charge in [0.15, 0.2) is 0 Å². The number of rotatable bonds is 9. The van der Waals surface area contributed by atoms with Gasteiger partial charge >= 0.3 is 12.4 Å². The summed E-state index contributed by atoms with van der Waals surface area (Å²) in [6.07, 6.45) is 0.0195. The lowest BCUT2D eigenvalue weighted by molar-refractivity contribution is -0.143. The molecule has 2 aliphatic rings. The second-order valence-electron chi connectivity index (χ2n) is 12.4. The first-order valence-electron chi connectivity index (χ1n) is 15.7. The normalized spacial score (nSPS) is 21.0. The fraction of sp³-hybridized carbons (Fsp3) is 0.500. The second kappa shape index (κ2) is 14.3. The molecule has 248 valence electrons. The van der Waals surface area contributed by atoms with E-state index in [1.165, 1.54) is 12.4 Å². The van der Waals surface area contributed by atoms with Crippen molar-refractivity contribution in [2.24, 2.45) is 5.92 Å². The summed E-state index contributed by atoms with van der Waals surface area (Å²) in [5.74, 6) is 0.659. The van der Waals surface area contributed by atoms with Crippen molar-refractivity contribution in [2.45, 2.75) is 102 Å². The summed E-state index contributed by atoms with van der Waals surface area (Å²) in [6.45, 7) is 1.73. The van der Waals surface area contributed by atoms with Gasteiger partial charge in [0.25, 0.3) is 0 Å². The molecule has 5 rings (SSSR count). The zero-order chi connectivity index (χ0) is 33.1. The van der Waals surface area contributed by atoms with Crippen LogP contribution in [-0.2, 0) is 30.1 Å². The van der Waals surface area contributed by atoms with Crippen molar-refractivity contribution >= 4 is 27.8 Å².